The quantitative estimate of drug-likeness (QED) is 0.410. The second-order valence-corrected chi connectivity index (χ2v) is 8.72. The second kappa shape index (κ2) is 8.23. The maximum absolute atomic E-state index is 13.0. The largest absolute Gasteiger partial charge is 0.398 e. The predicted octanol–water partition coefficient (Wildman–Crippen LogP) is 4.58. The molecule has 0 aliphatic carbocycles. The standard InChI is InChI=1S/C21H27NO4S/c1-13(2)16-12-17(22)20(19(14(3)4)21(16)27(24,25)26)18(23)11-10-15-8-6-5-7-9-15/h5-9,12-14H,10-11,22H2,1-4H3,(H,24,25,26). The van der Waals surface area contributed by atoms with Crippen LogP contribution in [0.25, 0.3) is 0 Å². The summed E-state index contributed by atoms with van der Waals surface area (Å²) in [5.41, 5.74) is 8.40. The molecule has 6 heteroatoms. The molecule has 2 aromatic rings. The lowest BCUT2D eigenvalue weighted by molar-refractivity contribution is 0.0982. The van der Waals surface area contributed by atoms with Gasteiger partial charge in [0.25, 0.3) is 10.1 Å². The van der Waals surface area contributed by atoms with Crippen LogP contribution in [-0.2, 0) is 16.5 Å². The van der Waals surface area contributed by atoms with Crippen molar-refractivity contribution in [2.75, 3.05) is 5.73 Å². The van der Waals surface area contributed by atoms with Crippen LogP contribution in [0.1, 0.15) is 73.0 Å². The van der Waals surface area contributed by atoms with Crippen LogP contribution in [0.4, 0.5) is 5.69 Å². The summed E-state index contributed by atoms with van der Waals surface area (Å²) in [7, 11) is -4.50. The first-order chi connectivity index (χ1) is 12.5. The SMILES string of the molecule is CC(C)c1cc(N)c(C(=O)CCc2ccccc2)c(C(C)C)c1S(=O)(=O)O. The number of hydrogen-bond donors (Lipinski definition) is 2. The molecule has 0 heterocycles. The topological polar surface area (TPSA) is 97.5 Å². The van der Waals surface area contributed by atoms with Crippen LogP contribution in [0, 0.1) is 0 Å². The number of rotatable bonds is 7. The second-order valence-electron chi connectivity index (χ2n) is 7.37. The molecule has 0 aliphatic heterocycles. The van der Waals surface area contributed by atoms with E-state index in [1.54, 1.807) is 13.8 Å². The summed E-state index contributed by atoms with van der Waals surface area (Å²) in [5.74, 6) is -0.686. The van der Waals surface area contributed by atoms with E-state index >= 15 is 0 Å². The summed E-state index contributed by atoms with van der Waals surface area (Å²) in [6, 6.07) is 11.1. The molecule has 0 radical (unpaired) electrons. The van der Waals surface area contributed by atoms with Gasteiger partial charge in [0.05, 0.1) is 0 Å². The van der Waals surface area contributed by atoms with Crippen molar-refractivity contribution < 1.29 is 17.8 Å². The molecule has 27 heavy (non-hydrogen) atoms. The average Bonchev–Trinajstić information content (AvgIpc) is 2.58. The van der Waals surface area contributed by atoms with Gasteiger partial charge in [-0.3, -0.25) is 9.35 Å². The Labute approximate surface area is 161 Å². The predicted molar refractivity (Wildman–Crippen MR) is 108 cm³/mol. The van der Waals surface area contributed by atoms with Gasteiger partial charge in [-0.15, -0.1) is 0 Å². The number of hydrogen-bond acceptors (Lipinski definition) is 4. The summed E-state index contributed by atoms with van der Waals surface area (Å²) in [6.45, 7) is 7.23. The van der Waals surface area contributed by atoms with E-state index in [4.69, 9.17) is 5.73 Å². The molecule has 0 atom stereocenters. The average molecular weight is 390 g/mol. The van der Waals surface area contributed by atoms with E-state index in [-0.39, 0.29) is 40.2 Å². The molecule has 0 amide bonds. The zero-order chi connectivity index (χ0) is 20.4. The van der Waals surface area contributed by atoms with Crippen molar-refractivity contribution in [1.29, 1.82) is 0 Å². The van der Waals surface area contributed by atoms with Crippen molar-refractivity contribution in [1.82, 2.24) is 0 Å². The first-order valence-corrected chi connectivity index (χ1v) is 10.5. The number of carbonyl (C=O) groups is 1. The monoisotopic (exact) mass is 389 g/mol. The molecule has 0 saturated carbocycles. The van der Waals surface area contributed by atoms with Gasteiger partial charge in [-0.1, -0.05) is 58.0 Å². The highest BCUT2D eigenvalue weighted by Gasteiger charge is 2.30. The minimum Gasteiger partial charge on any atom is -0.398 e. The minimum absolute atomic E-state index is 0.171. The highest BCUT2D eigenvalue weighted by atomic mass is 32.2. The van der Waals surface area contributed by atoms with E-state index in [1.165, 1.54) is 6.07 Å². The molecule has 146 valence electrons. The number of nitrogen functional groups attached to an aromatic ring is 1. The molecule has 0 aliphatic rings. The molecule has 0 spiro atoms. The van der Waals surface area contributed by atoms with Gasteiger partial charge in [-0.2, -0.15) is 8.42 Å². The van der Waals surface area contributed by atoms with Crippen molar-refractivity contribution in [3.05, 3.63) is 58.7 Å². The number of anilines is 1. The molecular formula is C21H27NO4S. The van der Waals surface area contributed by atoms with E-state index in [2.05, 4.69) is 0 Å². The van der Waals surface area contributed by atoms with Crippen molar-refractivity contribution in [2.45, 2.75) is 57.3 Å². The van der Waals surface area contributed by atoms with Crippen LogP contribution < -0.4 is 5.73 Å². The van der Waals surface area contributed by atoms with Crippen LogP contribution >= 0.6 is 0 Å². The number of carbonyl (C=O) groups excluding carboxylic acids is 1. The van der Waals surface area contributed by atoms with Gasteiger partial charge in [-0.05, 0) is 41.0 Å². The van der Waals surface area contributed by atoms with Gasteiger partial charge in [0.2, 0.25) is 0 Å². The van der Waals surface area contributed by atoms with Gasteiger partial charge >= 0.3 is 0 Å². The summed E-state index contributed by atoms with van der Waals surface area (Å²) in [6.07, 6.45) is 0.740. The Kier molecular flexibility index (Phi) is 6.44. The van der Waals surface area contributed by atoms with Crippen LogP contribution in [-0.4, -0.2) is 18.8 Å². The fraction of sp³-hybridized carbons (Fsp3) is 0.381. The molecule has 0 bridgehead atoms. The number of nitrogens with two attached hydrogens (primary N) is 1. The van der Waals surface area contributed by atoms with E-state index < -0.39 is 10.1 Å². The highest BCUT2D eigenvalue weighted by molar-refractivity contribution is 7.86. The maximum Gasteiger partial charge on any atom is 0.295 e. The Morgan fingerprint density at radius 1 is 1.07 bits per heavy atom. The first-order valence-electron chi connectivity index (χ1n) is 9.04. The molecule has 5 nitrogen and oxygen atoms in total. The summed E-state index contributed by atoms with van der Waals surface area (Å²) in [5, 5.41) is 0. The molecule has 0 fully saturated rings. The van der Waals surface area contributed by atoms with Crippen LogP contribution in [0.5, 0.6) is 0 Å². The number of benzene rings is 2. The van der Waals surface area contributed by atoms with Gasteiger partial charge in [0, 0.05) is 17.7 Å². The lowest BCUT2D eigenvalue weighted by atomic mass is 9.87. The molecule has 0 aromatic heterocycles. The van der Waals surface area contributed by atoms with Crippen LogP contribution in [0.15, 0.2) is 41.3 Å². The zero-order valence-electron chi connectivity index (χ0n) is 16.2. The molecule has 0 saturated heterocycles. The Morgan fingerprint density at radius 2 is 1.67 bits per heavy atom. The molecule has 2 rings (SSSR count). The summed E-state index contributed by atoms with van der Waals surface area (Å²) >= 11 is 0. The third-order valence-electron chi connectivity index (χ3n) is 4.60. The fourth-order valence-corrected chi connectivity index (χ4v) is 4.54. The Balaban J connectivity index is 2.60. The molecular weight excluding hydrogens is 362 g/mol. The third-order valence-corrected chi connectivity index (χ3v) is 5.57. The Morgan fingerprint density at radius 3 is 2.15 bits per heavy atom. The summed E-state index contributed by atoms with van der Waals surface area (Å²) < 4.78 is 34.2. The molecule has 3 N–H and O–H groups in total. The third kappa shape index (κ3) is 4.76. The number of aryl methyl sites for hydroxylation is 1. The highest BCUT2D eigenvalue weighted by Crippen LogP contribution is 2.38. The summed E-state index contributed by atoms with van der Waals surface area (Å²) in [4.78, 5) is 12.8. The van der Waals surface area contributed by atoms with Crippen LogP contribution in [0.2, 0.25) is 0 Å². The Bertz CT molecular complexity index is 932. The smallest absolute Gasteiger partial charge is 0.295 e. The van der Waals surface area contributed by atoms with Crippen LogP contribution in [0.3, 0.4) is 0 Å². The Hall–Kier alpha value is -2.18. The van der Waals surface area contributed by atoms with Gasteiger partial charge < -0.3 is 5.73 Å². The van der Waals surface area contributed by atoms with Crippen molar-refractivity contribution in [3.8, 4) is 0 Å². The van der Waals surface area contributed by atoms with Gasteiger partial charge in [0.15, 0.2) is 5.78 Å². The number of ketones is 1. The maximum atomic E-state index is 13.0. The first kappa shape index (κ1) is 21.1. The van der Waals surface area contributed by atoms with E-state index in [1.807, 2.05) is 44.2 Å². The normalized spacial score (nSPS) is 12.0. The van der Waals surface area contributed by atoms with E-state index in [0.717, 1.165) is 5.56 Å². The lowest BCUT2D eigenvalue weighted by Gasteiger charge is -2.22. The van der Waals surface area contributed by atoms with Crippen molar-refractivity contribution in [2.24, 2.45) is 0 Å². The lowest BCUT2D eigenvalue weighted by Crippen LogP contribution is -2.18. The fourth-order valence-electron chi connectivity index (χ4n) is 3.34. The zero-order valence-corrected chi connectivity index (χ0v) is 17.0. The van der Waals surface area contributed by atoms with Crippen molar-refractivity contribution in [3.63, 3.8) is 0 Å². The molecule has 2 aromatic carbocycles. The van der Waals surface area contributed by atoms with Crippen molar-refractivity contribution >= 4 is 21.6 Å². The van der Waals surface area contributed by atoms with E-state index in [9.17, 15) is 17.8 Å². The van der Waals surface area contributed by atoms with Gasteiger partial charge in [0.1, 0.15) is 4.90 Å². The minimum atomic E-state index is -4.50. The number of Topliss-reactive ketones (excluding diaryl/α,β-unsaturated/α-hetero) is 1. The van der Waals surface area contributed by atoms with E-state index in [0.29, 0.717) is 17.5 Å². The van der Waals surface area contributed by atoms with Gasteiger partial charge in [-0.25, -0.2) is 0 Å². The molecule has 0 unspecified atom stereocenters.